The van der Waals surface area contributed by atoms with Crippen LogP contribution in [0.5, 0.6) is 0 Å². The molecule has 0 bridgehead atoms. The van der Waals surface area contributed by atoms with Gasteiger partial charge in [-0.1, -0.05) is 0 Å². The second-order valence-corrected chi connectivity index (χ2v) is 2.65. The van der Waals surface area contributed by atoms with Gasteiger partial charge in [0.25, 0.3) is 0 Å². The van der Waals surface area contributed by atoms with E-state index in [0.717, 1.165) is 11.1 Å². The van der Waals surface area contributed by atoms with Gasteiger partial charge < -0.3 is 4.74 Å². The summed E-state index contributed by atoms with van der Waals surface area (Å²) in [6.45, 7) is 3.65. The number of pyridine rings is 1. The van der Waals surface area contributed by atoms with Crippen molar-refractivity contribution < 1.29 is 9.53 Å². The van der Waals surface area contributed by atoms with Crippen molar-refractivity contribution in [2.24, 2.45) is 0 Å². The Bertz CT molecular complexity index is 284. The molecule has 0 radical (unpaired) electrons. The summed E-state index contributed by atoms with van der Waals surface area (Å²) in [6.07, 6.45) is 3.45. The highest BCUT2D eigenvalue weighted by Crippen LogP contribution is 2.02. The number of aryl methyl sites for hydroxylation is 1. The van der Waals surface area contributed by atoms with Crippen LogP contribution in [0.15, 0.2) is 18.5 Å². The Kier molecular flexibility index (Phi) is 2.80. The van der Waals surface area contributed by atoms with Gasteiger partial charge >= 0.3 is 5.97 Å². The molecule has 64 valence electrons. The zero-order valence-corrected chi connectivity index (χ0v) is 7.20. The van der Waals surface area contributed by atoms with Crippen LogP contribution in [-0.4, -0.2) is 11.0 Å². The molecule has 0 spiro atoms. The second-order valence-electron chi connectivity index (χ2n) is 2.65. The van der Waals surface area contributed by atoms with Gasteiger partial charge in [0.05, 0.1) is 0 Å². The van der Waals surface area contributed by atoms with Crippen LogP contribution in [-0.2, 0) is 16.1 Å². The van der Waals surface area contributed by atoms with Gasteiger partial charge in [-0.3, -0.25) is 9.78 Å². The van der Waals surface area contributed by atoms with Crippen molar-refractivity contribution in [3.63, 3.8) is 0 Å². The Hall–Kier alpha value is -1.38. The first kappa shape index (κ1) is 8.71. The summed E-state index contributed by atoms with van der Waals surface area (Å²) >= 11 is 0. The van der Waals surface area contributed by atoms with E-state index in [2.05, 4.69) is 4.98 Å². The smallest absolute Gasteiger partial charge is 0.302 e. The van der Waals surface area contributed by atoms with Gasteiger partial charge in [0.15, 0.2) is 0 Å². The largest absolute Gasteiger partial charge is 0.461 e. The van der Waals surface area contributed by atoms with Crippen LogP contribution in [0, 0.1) is 6.92 Å². The fraction of sp³-hybridized carbons (Fsp3) is 0.333. The molecule has 3 heteroatoms. The highest BCUT2D eigenvalue weighted by atomic mass is 16.5. The lowest BCUT2D eigenvalue weighted by molar-refractivity contribution is -0.142. The van der Waals surface area contributed by atoms with E-state index < -0.39 is 0 Å². The molecule has 0 amide bonds. The minimum absolute atomic E-state index is 0.267. The Morgan fingerprint density at radius 2 is 2.33 bits per heavy atom. The van der Waals surface area contributed by atoms with Crippen LogP contribution in [0.2, 0.25) is 0 Å². The van der Waals surface area contributed by atoms with E-state index in [1.54, 1.807) is 12.4 Å². The summed E-state index contributed by atoms with van der Waals surface area (Å²) in [5.41, 5.74) is 1.99. The lowest BCUT2D eigenvalue weighted by Gasteiger charge is -2.01. The number of carbonyl (C=O) groups is 1. The van der Waals surface area contributed by atoms with Crippen molar-refractivity contribution in [3.8, 4) is 0 Å². The Balaban J connectivity index is 2.57. The molecule has 0 unspecified atom stereocenters. The first-order valence-corrected chi connectivity index (χ1v) is 3.72. The summed E-state index contributed by atoms with van der Waals surface area (Å²) in [7, 11) is 0. The highest BCUT2D eigenvalue weighted by molar-refractivity contribution is 5.65. The maximum Gasteiger partial charge on any atom is 0.302 e. The summed E-state index contributed by atoms with van der Waals surface area (Å²) in [5, 5.41) is 0. The van der Waals surface area contributed by atoms with Gasteiger partial charge in [-0.2, -0.15) is 0 Å². The van der Waals surface area contributed by atoms with E-state index in [1.165, 1.54) is 6.92 Å². The first-order valence-electron chi connectivity index (χ1n) is 3.72. The quantitative estimate of drug-likeness (QED) is 0.622. The van der Waals surface area contributed by atoms with Gasteiger partial charge in [-0.25, -0.2) is 0 Å². The van der Waals surface area contributed by atoms with E-state index in [9.17, 15) is 4.79 Å². The van der Waals surface area contributed by atoms with Gasteiger partial charge in [0, 0.05) is 24.9 Å². The van der Waals surface area contributed by atoms with Gasteiger partial charge in [0.1, 0.15) is 6.61 Å². The Morgan fingerprint density at radius 1 is 1.58 bits per heavy atom. The molecular weight excluding hydrogens is 154 g/mol. The van der Waals surface area contributed by atoms with Crippen molar-refractivity contribution in [2.75, 3.05) is 0 Å². The average molecular weight is 165 g/mol. The number of ether oxygens (including phenoxy) is 1. The van der Waals surface area contributed by atoms with E-state index in [0.29, 0.717) is 6.61 Å². The minimum atomic E-state index is -0.267. The van der Waals surface area contributed by atoms with E-state index in [-0.39, 0.29) is 5.97 Å². The normalized spacial score (nSPS) is 9.50. The maximum absolute atomic E-state index is 10.5. The number of rotatable bonds is 2. The molecule has 3 nitrogen and oxygen atoms in total. The van der Waals surface area contributed by atoms with Crippen molar-refractivity contribution in [1.29, 1.82) is 0 Å². The van der Waals surface area contributed by atoms with Gasteiger partial charge in [-0.15, -0.1) is 0 Å². The lowest BCUT2D eigenvalue weighted by atomic mass is 10.2. The summed E-state index contributed by atoms with van der Waals surface area (Å²) in [5.74, 6) is -0.267. The molecule has 1 heterocycles. The SMILES string of the molecule is CC(=O)OCc1cncc(C)c1. The minimum Gasteiger partial charge on any atom is -0.461 e. The molecule has 0 aliphatic rings. The molecule has 0 aromatic carbocycles. The van der Waals surface area contributed by atoms with Crippen LogP contribution in [0.3, 0.4) is 0 Å². The number of hydrogen-bond donors (Lipinski definition) is 0. The van der Waals surface area contributed by atoms with Crippen molar-refractivity contribution in [2.45, 2.75) is 20.5 Å². The molecule has 1 aromatic heterocycles. The highest BCUT2D eigenvalue weighted by Gasteiger charge is 1.96. The van der Waals surface area contributed by atoms with Gasteiger partial charge in [-0.05, 0) is 18.6 Å². The molecule has 0 fully saturated rings. The Morgan fingerprint density at radius 3 is 2.92 bits per heavy atom. The molecule has 0 aliphatic heterocycles. The van der Waals surface area contributed by atoms with Crippen LogP contribution >= 0.6 is 0 Å². The van der Waals surface area contributed by atoms with Crippen molar-refractivity contribution in [1.82, 2.24) is 4.98 Å². The topological polar surface area (TPSA) is 39.2 Å². The third kappa shape index (κ3) is 2.70. The van der Waals surface area contributed by atoms with Crippen LogP contribution in [0.4, 0.5) is 0 Å². The predicted molar refractivity (Wildman–Crippen MR) is 44.4 cm³/mol. The lowest BCUT2D eigenvalue weighted by Crippen LogP contribution is -1.99. The maximum atomic E-state index is 10.5. The third-order valence-corrected chi connectivity index (χ3v) is 1.37. The molecule has 0 saturated heterocycles. The van der Waals surface area contributed by atoms with Crippen LogP contribution in [0.1, 0.15) is 18.1 Å². The first-order chi connectivity index (χ1) is 5.68. The molecule has 12 heavy (non-hydrogen) atoms. The van der Waals surface area contributed by atoms with Crippen LogP contribution in [0.25, 0.3) is 0 Å². The van der Waals surface area contributed by atoms with E-state index in [4.69, 9.17) is 4.74 Å². The standard InChI is InChI=1S/C9H11NO2/c1-7-3-9(5-10-4-7)6-12-8(2)11/h3-5H,6H2,1-2H3. The number of aromatic nitrogens is 1. The zero-order chi connectivity index (χ0) is 8.97. The third-order valence-electron chi connectivity index (χ3n) is 1.37. The van der Waals surface area contributed by atoms with Gasteiger partial charge in [0.2, 0.25) is 0 Å². The molecule has 1 rings (SSSR count). The number of carbonyl (C=O) groups excluding carboxylic acids is 1. The molecule has 0 atom stereocenters. The fourth-order valence-corrected chi connectivity index (χ4v) is 0.881. The second kappa shape index (κ2) is 3.85. The van der Waals surface area contributed by atoms with Crippen molar-refractivity contribution in [3.05, 3.63) is 29.6 Å². The monoisotopic (exact) mass is 165 g/mol. The zero-order valence-electron chi connectivity index (χ0n) is 7.20. The molecule has 1 aromatic rings. The predicted octanol–water partition coefficient (Wildman–Crippen LogP) is 1.45. The van der Waals surface area contributed by atoms with E-state index >= 15 is 0 Å². The van der Waals surface area contributed by atoms with Crippen LogP contribution < -0.4 is 0 Å². The number of nitrogens with zero attached hydrogens (tertiary/aromatic N) is 1. The summed E-state index contributed by atoms with van der Waals surface area (Å²) < 4.78 is 4.80. The number of hydrogen-bond acceptors (Lipinski definition) is 3. The van der Waals surface area contributed by atoms with E-state index in [1.807, 2.05) is 13.0 Å². The summed E-state index contributed by atoms with van der Waals surface area (Å²) in [4.78, 5) is 14.4. The van der Waals surface area contributed by atoms with Crippen molar-refractivity contribution >= 4 is 5.97 Å². The average Bonchev–Trinajstić information content (AvgIpc) is 2.01. The Labute approximate surface area is 71.4 Å². The molecule has 0 N–H and O–H groups in total. The molecule has 0 aliphatic carbocycles. The number of esters is 1. The molecular formula is C9H11NO2. The summed E-state index contributed by atoms with van der Waals surface area (Å²) in [6, 6.07) is 1.94. The molecule has 0 saturated carbocycles. The fourth-order valence-electron chi connectivity index (χ4n) is 0.881.